The first-order valence-corrected chi connectivity index (χ1v) is 7.41. The van der Waals surface area contributed by atoms with Crippen LogP contribution in [0.1, 0.15) is 29.1 Å². The summed E-state index contributed by atoms with van der Waals surface area (Å²) >= 11 is 0. The molecule has 0 unspecified atom stereocenters. The number of ether oxygens (including phenoxy) is 1. The Labute approximate surface area is 129 Å². The number of methoxy groups -OCH3 is 1. The van der Waals surface area contributed by atoms with Crippen LogP contribution in [-0.4, -0.2) is 40.9 Å². The number of carbonyl (C=O) groups is 1. The number of nitrogens with zero attached hydrogens (tertiary/aromatic N) is 3. The van der Waals surface area contributed by atoms with E-state index in [-0.39, 0.29) is 17.6 Å². The predicted molar refractivity (Wildman–Crippen MR) is 79.6 cm³/mol. The van der Waals surface area contributed by atoms with Crippen molar-refractivity contribution in [3.05, 3.63) is 42.2 Å². The van der Waals surface area contributed by atoms with Crippen LogP contribution in [0.3, 0.4) is 0 Å². The van der Waals surface area contributed by atoms with Crippen LogP contribution in [0, 0.1) is 5.92 Å². The molecule has 0 N–H and O–H groups in total. The SMILES string of the molecule is COc1ccc(CN2CCC(C(=O)c3ncco3)CC2)cn1. The van der Waals surface area contributed by atoms with Gasteiger partial charge in [-0.15, -0.1) is 0 Å². The Morgan fingerprint density at radius 3 is 2.77 bits per heavy atom. The van der Waals surface area contributed by atoms with Crippen molar-refractivity contribution < 1.29 is 13.9 Å². The highest BCUT2D eigenvalue weighted by Gasteiger charge is 2.28. The second-order valence-corrected chi connectivity index (χ2v) is 5.46. The lowest BCUT2D eigenvalue weighted by atomic mass is 9.92. The molecule has 1 aliphatic heterocycles. The van der Waals surface area contributed by atoms with Crippen molar-refractivity contribution in [3.8, 4) is 5.88 Å². The molecule has 0 aromatic carbocycles. The number of oxazole rings is 1. The van der Waals surface area contributed by atoms with Gasteiger partial charge in [0.25, 0.3) is 5.89 Å². The number of carbonyl (C=O) groups excluding carboxylic acids is 1. The maximum atomic E-state index is 12.2. The van der Waals surface area contributed by atoms with Crippen LogP contribution in [0.2, 0.25) is 0 Å². The summed E-state index contributed by atoms with van der Waals surface area (Å²) in [7, 11) is 1.61. The number of Topliss-reactive ketones (excluding diaryl/α,β-unsaturated/α-hetero) is 1. The third-order valence-corrected chi connectivity index (χ3v) is 4.01. The molecule has 1 saturated heterocycles. The van der Waals surface area contributed by atoms with Crippen LogP contribution in [-0.2, 0) is 6.54 Å². The number of hydrogen-bond donors (Lipinski definition) is 0. The number of rotatable bonds is 5. The molecule has 6 heteroatoms. The lowest BCUT2D eigenvalue weighted by molar-refractivity contribution is 0.0799. The van der Waals surface area contributed by atoms with Gasteiger partial charge in [-0.2, -0.15) is 0 Å². The van der Waals surface area contributed by atoms with Gasteiger partial charge in [0.2, 0.25) is 11.7 Å². The molecule has 2 aromatic heterocycles. The standard InChI is InChI=1S/C16H19N3O3/c1-21-14-3-2-12(10-18-14)11-19-7-4-13(5-8-19)15(20)16-17-6-9-22-16/h2-3,6,9-10,13H,4-5,7-8,11H2,1H3. The van der Waals surface area contributed by atoms with Crippen LogP contribution >= 0.6 is 0 Å². The molecule has 3 rings (SSSR count). The average Bonchev–Trinajstić information content (AvgIpc) is 3.10. The first-order chi connectivity index (χ1) is 10.8. The summed E-state index contributed by atoms with van der Waals surface area (Å²) in [6, 6.07) is 3.89. The van der Waals surface area contributed by atoms with Crippen molar-refractivity contribution in [1.29, 1.82) is 0 Å². The lowest BCUT2D eigenvalue weighted by Gasteiger charge is -2.30. The zero-order chi connectivity index (χ0) is 15.4. The third kappa shape index (κ3) is 3.33. The van der Waals surface area contributed by atoms with E-state index in [2.05, 4.69) is 14.9 Å². The monoisotopic (exact) mass is 301 g/mol. The summed E-state index contributed by atoms with van der Waals surface area (Å²) in [5.41, 5.74) is 1.15. The van der Waals surface area contributed by atoms with Gasteiger partial charge in [-0.1, -0.05) is 6.07 Å². The fraction of sp³-hybridized carbons (Fsp3) is 0.438. The molecule has 3 heterocycles. The average molecular weight is 301 g/mol. The number of piperidine rings is 1. The number of pyridine rings is 1. The summed E-state index contributed by atoms with van der Waals surface area (Å²) in [5.74, 6) is 0.900. The summed E-state index contributed by atoms with van der Waals surface area (Å²) in [4.78, 5) is 22.7. The minimum atomic E-state index is 0.0175. The second-order valence-electron chi connectivity index (χ2n) is 5.46. The normalized spacial score (nSPS) is 16.6. The van der Waals surface area contributed by atoms with Crippen molar-refractivity contribution in [2.75, 3.05) is 20.2 Å². The molecule has 0 atom stereocenters. The molecule has 6 nitrogen and oxygen atoms in total. The van der Waals surface area contributed by atoms with Gasteiger partial charge in [0.1, 0.15) is 6.26 Å². The van der Waals surface area contributed by atoms with Crippen LogP contribution in [0.15, 0.2) is 35.2 Å². The van der Waals surface area contributed by atoms with E-state index in [1.807, 2.05) is 18.3 Å². The topological polar surface area (TPSA) is 68.5 Å². The Bertz CT molecular complexity index is 602. The van der Waals surface area contributed by atoms with E-state index in [0.29, 0.717) is 5.88 Å². The minimum Gasteiger partial charge on any atom is -0.481 e. The van der Waals surface area contributed by atoms with Crippen molar-refractivity contribution >= 4 is 5.78 Å². The number of aromatic nitrogens is 2. The van der Waals surface area contributed by atoms with E-state index in [1.54, 1.807) is 7.11 Å². The molecule has 0 aliphatic carbocycles. The summed E-state index contributed by atoms with van der Waals surface area (Å²) < 4.78 is 10.2. The van der Waals surface area contributed by atoms with Gasteiger partial charge in [-0.05, 0) is 31.5 Å². The fourth-order valence-corrected chi connectivity index (χ4v) is 2.76. The molecule has 116 valence electrons. The predicted octanol–water partition coefficient (Wildman–Crippen LogP) is 2.17. The smallest absolute Gasteiger partial charge is 0.263 e. The highest BCUT2D eigenvalue weighted by Crippen LogP contribution is 2.22. The van der Waals surface area contributed by atoms with Gasteiger partial charge >= 0.3 is 0 Å². The van der Waals surface area contributed by atoms with Crippen LogP contribution < -0.4 is 4.74 Å². The zero-order valence-corrected chi connectivity index (χ0v) is 12.6. The fourth-order valence-electron chi connectivity index (χ4n) is 2.76. The first kappa shape index (κ1) is 14.7. The molecular weight excluding hydrogens is 282 g/mol. The van der Waals surface area contributed by atoms with E-state index in [0.717, 1.165) is 38.0 Å². The van der Waals surface area contributed by atoms with Crippen molar-refractivity contribution in [2.45, 2.75) is 19.4 Å². The van der Waals surface area contributed by atoms with E-state index in [1.165, 1.54) is 12.5 Å². The first-order valence-electron chi connectivity index (χ1n) is 7.41. The third-order valence-electron chi connectivity index (χ3n) is 4.01. The molecule has 1 fully saturated rings. The Morgan fingerprint density at radius 1 is 1.36 bits per heavy atom. The Kier molecular flexibility index (Phi) is 4.48. The molecule has 0 spiro atoms. The maximum Gasteiger partial charge on any atom is 0.263 e. The molecule has 22 heavy (non-hydrogen) atoms. The van der Waals surface area contributed by atoms with Gasteiger partial charge in [-0.25, -0.2) is 9.97 Å². The van der Waals surface area contributed by atoms with Gasteiger partial charge < -0.3 is 9.15 Å². The van der Waals surface area contributed by atoms with Gasteiger partial charge in [0, 0.05) is 24.7 Å². The van der Waals surface area contributed by atoms with Crippen LogP contribution in [0.5, 0.6) is 5.88 Å². The van der Waals surface area contributed by atoms with E-state index < -0.39 is 0 Å². The van der Waals surface area contributed by atoms with Crippen molar-refractivity contribution in [1.82, 2.24) is 14.9 Å². The van der Waals surface area contributed by atoms with Crippen LogP contribution in [0.4, 0.5) is 0 Å². The van der Waals surface area contributed by atoms with Crippen LogP contribution in [0.25, 0.3) is 0 Å². The van der Waals surface area contributed by atoms with E-state index in [9.17, 15) is 4.79 Å². The number of likely N-dealkylation sites (tertiary alicyclic amines) is 1. The largest absolute Gasteiger partial charge is 0.481 e. The van der Waals surface area contributed by atoms with Crippen molar-refractivity contribution in [2.24, 2.45) is 5.92 Å². The Morgan fingerprint density at radius 2 is 2.18 bits per heavy atom. The summed E-state index contributed by atoms with van der Waals surface area (Å²) in [5, 5.41) is 0. The molecule has 0 saturated carbocycles. The Hall–Kier alpha value is -2.21. The van der Waals surface area contributed by atoms with Gasteiger partial charge in [-0.3, -0.25) is 9.69 Å². The number of ketones is 1. The van der Waals surface area contributed by atoms with Gasteiger partial charge in [0.05, 0.1) is 13.3 Å². The number of hydrogen-bond acceptors (Lipinski definition) is 6. The lowest BCUT2D eigenvalue weighted by Crippen LogP contribution is -2.36. The maximum absolute atomic E-state index is 12.2. The molecule has 0 bridgehead atoms. The summed E-state index contributed by atoms with van der Waals surface area (Å²) in [6.07, 6.45) is 6.47. The van der Waals surface area contributed by atoms with Crippen molar-refractivity contribution in [3.63, 3.8) is 0 Å². The molecular formula is C16H19N3O3. The highest BCUT2D eigenvalue weighted by molar-refractivity contribution is 5.93. The van der Waals surface area contributed by atoms with Gasteiger partial charge in [0.15, 0.2) is 0 Å². The molecule has 0 amide bonds. The van der Waals surface area contributed by atoms with E-state index in [4.69, 9.17) is 9.15 Å². The second kappa shape index (κ2) is 6.70. The van der Waals surface area contributed by atoms with E-state index >= 15 is 0 Å². The molecule has 0 radical (unpaired) electrons. The minimum absolute atomic E-state index is 0.0175. The highest BCUT2D eigenvalue weighted by atomic mass is 16.5. The quantitative estimate of drug-likeness (QED) is 0.788. The Balaban J connectivity index is 1.52. The zero-order valence-electron chi connectivity index (χ0n) is 12.6. The summed E-state index contributed by atoms with van der Waals surface area (Å²) in [6.45, 7) is 2.63. The molecule has 2 aromatic rings. The molecule has 1 aliphatic rings.